The first-order chi connectivity index (χ1) is 8.86. The Morgan fingerprint density at radius 1 is 1.50 bits per heavy atom. The van der Waals surface area contributed by atoms with Gasteiger partial charge in [0.25, 0.3) is 0 Å². The lowest BCUT2D eigenvalue weighted by Crippen LogP contribution is -2.31. The molecule has 0 amide bonds. The highest BCUT2D eigenvalue weighted by Crippen LogP contribution is 2.35. The molecule has 1 fully saturated rings. The van der Waals surface area contributed by atoms with E-state index in [1.165, 1.54) is 30.7 Å². The summed E-state index contributed by atoms with van der Waals surface area (Å²) >= 11 is 2.09. The molecule has 2 atom stereocenters. The Labute approximate surface area is 114 Å². The predicted octanol–water partition coefficient (Wildman–Crippen LogP) is 2.62. The Hall–Kier alpha value is -0.550. The van der Waals surface area contributed by atoms with E-state index >= 15 is 0 Å². The Balaban J connectivity index is 2.12. The molecule has 4 nitrogen and oxygen atoms in total. The zero-order chi connectivity index (χ0) is 12.8. The SMILES string of the molecule is CCCNC(c1cnnn1CCC)C1CCCS1. The minimum absolute atomic E-state index is 0.416. The Morgan fingerprint density at radius 3 is 3.06 bits per heavy atom. The van der Waals surface area contributed by atoms with Crippen LogP contribution in [0, 0.1) is 0 Å². The van der Waals surface area contributed by atoms with Crippen molar-refractivity contribution in [1.29, 1.82) is 0 Å². The van der Waals surface area contributed by atoms with Crippen molar-refractivity contribution in [3.63, 3.8) is 0 Å². The van der Waals surface area contributed by atoms with Gasteiger partial charge < -0.3 is 5.32 Å². The molecule has 1 saturated heterocycles. The molecule has 0 bridgehead atoms. The molecule has 0 aromatic carbocycles. The van der Waals surface area contributed by atoms with Crippen molar-refractivity contribution in [2.24, 2.45) is 0 Å². The van der Waals surface area contributed by atoms with Gasteiger partial charge in [0.05, 0.1) is 17.9 Å². The fourth-order valence-electron chi connectivity index (χ4n) is 2.48. The van der Waals surface area contributed by atoms with Crippen LogP contribution in [0.4, 0.5) is 0 Å². The van der Waals surface area contributed by atoms with E-state index in [0.717, 1.165) is 19.5 Å². The number of hydrogen-bond acceptors (Lipinski definition) is 4. The number of nitrogens with zero attached hydrogens (tertiary/aromatic N) is 3. The highest BCUT2D eigenvalue weighted by atomic mass is 32.2. The van der Waals surface area contributed by atoms with Gasteiger partial charge in [-0.05, 0) is 38.0 Å². The zero-order valence-electron chi connectivity index (χ0n) is 11.4. The topological polar surface area (TPSA) is 42.7 Å². The predicted molar refractivity (Wildman–Crippen MR) is 76.8 cm³/mol. The third kappa shape index (κ3) is 3.26. The molecule has 5 heteroatoms. The van der Waals surface area contributed by atoms with Crippen LogP contribution in [0.2, 0.25) is 0 Å². The highest BCUT2D eigenvalue weighted by molar-refractivity contribution is 8.00. The number of thioether (sulfide) groups is 1. The van der Waals surface area contributed by atoms with E-state index in [9.17, 15) is 0 Å². The second-order valence-electron chi connectivity index (χ2n) is 4.87. The Morgan fingerprint density at radius 2 is 2.39 bits per heavy atom. The van der Waals surface area contributed by atoms with Crippen LogP contribution in [0.3, 0.4) is 0 Å². The van der Waals surface area contributed by atoms with Gasteiger partial charge in [0.1, 0.15) is 0 Å². The molecule has 2 unspecified atom stereocenters. The maximum Gasteiger partial charge on any atom is 0.0767 e. The number of aromatic nitrogens is 3. The summed E-state index contributed by atoms with van der Waals surface area (Å²) in [6.07, 6.45) is 6.87. The van der Waals surface area contributed by atoms with Crippen molar-refractivity contribution in [1.82, 2.24) is 20.3 Å². The summed E-state index contributed by atoms with van der Waals surface area (Å²) in [6, 6.07) is 0.416. The standard InChI is InChI=1S/C13H24N4S/c1-3-7-14-13(12-6-5-9-18-12)11-10-15-16-17(11)8-4-2/h10,12-14H,3-9H2,1-2H3. The molecule has 1 aliphatic heterocycles. The maximum absolute atomic E-state index is 4.22. The molecule has 1 aromatic rings. The van der Waals surface area contributed by atoms with Gasteiger partial charge in [-0.2, -0.15) is 11.8 Å². The van der Waals surface area contributed by atoms with Crippen molar-refractivity contribution in [3.05, 3.63) is 11.9 Å². The van der Waals surface area contributed by atoms with Crippen LogP contribution >= 0.6 is 11.8 Å². The van der Waals surface area contributed by atoms with Gasteiger partial charge in [0.15, 0.2) is 0 Å². The molecule has 1 aromatic heterocycles. The summed E-state index contributed by atoms with van der Waals surface area (Å²) in [6.45, 7) is 6.44. The summed E-state index contributed by atoms with van der Waals surface area (Å²) in [5.74, 6) is 1.30. The van der Waals surface area contributed by atoms with Crippen LogP contribution in [0.5, 0.6) is 0 Å². The normalized spacial score (nSPS) is 21.3. The molecule has 18 heavy (non-hydrogen) atoms. The third-order valence-electron chi connectivity index (χ3n) is 3.35. The molecular formula is C13H24N4S. The minimum Gasteiger partial charge on any atom is -0.308 e. The van der Waals surface area contributed by atoms with Gasteiger partial charge in [-0.25, -0.2) is 4.68 Å². The fourth-order valence-corrected chi connectivity index (χ4v) is 3.88. The molecule has 0 radical (unpaired) electrons. The molecule has 0 aliphatic carbocycles. The van der Waals surface area contributed by atoms with Crippen LogP contribution in [0.1, 0.15) is 51.3 Å². The van der Waals surface area contributed by atoms with E-state index in [-0.39, 0.29) is 0 Å². The van der Waals surface area contributed by atoms with E-state index in [1.54, 1.807) is 0 Å². The van der Waals surface area contributed by atoms with Gasteiger partial charge in [0.2, 0.25) is 0 Å². The van der Waals surface area contributed by atoms with Gasteiger partial charge in [0, 0.05) is 11.8 Å². The van der Waals surface area contributed by atoms with E-state index < -0.39 is 0 Å². The summed E-state index contributed by atoms with van der Waals surface area (Å²) in [5.41, 5.74) is 1.27. The summed E-state index contributed by atoms with van der Waals surface area (Å²) < 4.78 is 2.08. The van der Waals surface area contributed by atoms with Crippen molar-refractivity contribution in [2.75, 3.05) is 12.3 Å². The lowest BCUT2D eigenvalue weighted by Gasteiger charge is -2.24. The summed E-state index contributed by atoms with van der Waals surface area (Å²) in [4.78, 5) is 0. The van der Waals surface area contributed by atoms with Gasteiger partial charge in [-0.1, -0.05) is 19.1 Å². The fraction of sp³-hybridized carbons (Fsp3) is 0.846. The minimum atomic E-state index is 0.416. The molecule has 2 heterocycles. The van der Waals surface area contributed by atoms with Crippen LogP contribution < -0.4 is 5.32 Å². The number of hydrogen-bond donors (Lipinski definition) is 1. The van der Waals surface area contributed by atoms with Crippen LogP contribution in [0.25, 0.3) is 0 Å². The maximum atomic E-state index is 4.22. The van der Waals surface area contributed by atoms with Gasteiger partial charge in [-0.3, -0.25) is 0 Å². The summed E-state index contributed by atoms with van der Waals surface area (Å²) in [5, 5.41) is 12.7. The molecule has 2 rings (SSSR count). The average molecular weight is 268 g/mol. The number of rotatable bonds is 7. The lowest BCUT2D eigenvalue weighted by molar-refractivity contribution is 0.450. The third-order valence-corrected chi connectivity index (χ3v) is 4.81. The largest absolute Gasteiger partial charge is 0.308 e. The van der Waals surface area contributed by atoms with Crippen molar-refractivity contribution in [3.8, 4) is 0 Å². The van der Waals surface area contributed by atoms with E-state index in [1.807, 2.05) is 6.20 Å². The number of aryl methyl sites for hydroxylation is 1. The first kappa shape index (κ1) is 13.9. The Bertz CT molecular complexity index is 347. The lowest BCUT2D eigenvalue weighted by atomic mass is 10.1. The van der Waals surface area contributed by atoms with Crippen molar-refractivity contribution in [2.45, 2.75) is 57.4 Å². The van der Waals surface area contributed by atoms with Crippen LogP contribution in [-0.2, 0) is 6.54 Å². The molecule has 1 aliphatic rings. The molecule has 1 N–H and O–H groups in total. The van der Waals surface area contributed by atoms with Crippen molar-refractivity contribution < 1.29 is 0 Å². The molecule has 102 valence electrons. The zero-order valence-corrected chi connectivity index (χ0v) is 12.2. The second kappa shape index (κ2) is 7.14. The Kier molecular flexibility index (Phi) is 5.50. The van der Waals surface area contributed by atoms with Gasteiger partial charge >= 0.3 is 0 Å². The average Bonchev–Trinajstić information content (AvgIpc) is 3.02. The smallest absolute Gasteiger partial charge is 0.0767 e. The molecule has 0 spiro atoms. The van der Waals surface area contributed by atoms with E-state index in [4.69, 9.17) is 0 Å². The first-order valence-electron chi connectivity index (χ1n) is 7.10. The van der Waals surface area contributed by atoms with E-state index in [0.29, 0.717) is 11.3 Å². The molecular weight excluding hydrogens is 244 g/mol. The quantitative estimate of drug-likeness (QED) is 0.825. The van der Waals surface area contributed by atoms with Crippen LogP contribution in [-0.4, -0.2) is 32.5 Å². The molecule has 0 saturated carbocycles. The number of nitrogens with one attached hydrogen (secondary N) is 1. The van der Waals surface area contributed by atoms with E-state index in [2.05, 4.69) is 45.9 Å². The van der Waals surface area contributed by atoms with Gasteiger partial charge in [-0.15, -0.1) is 5.10 Å². The summed E-state index contributed by atoms with van der Waals surface area (Å²) in [7, 11) is 0. The first-order valence-corrected chi connectivity index (χ1v) is 8.15. The highest BCUT2D eigenvalue weighted by Gasteiger charge is 2.29. The second-order valence-corrected chi connectivity index (χ2v) is 6.21. The monoisotopic (exact) mass is 268 g/mol. The van der Waals surface area contributed by atoms with Crippen molar-refractivity contribution >= 4 is 11.8 Å². The van der Waals surface area contributed by atoms with Crippen LogP contribution in [0.15, 0.2) is 6.20 Å².